The molecule has 0 aliphatic rings. The van der Waals surface area contributed by atoms with Crippen LogP contribution in [0.3, 0.4) is 0 Å². The number of halogens is 3. The van der Waals surface area contributed by atoms with E-state index < -0.39 is 11.6 Å². The molecular formula is C19H24F2IN3O2. The molecule has 0 atom stereocenters. The third-order valence-corrected chi connectivity index (χ3v) is 3.47. The van der Waals surface area contributed by atoms with Crippen LogP contribution in [0.4, 0.5) is 8.78 Å². The highest BCUT2D eigenvalue weighted by atomic mass is 127. The van der Waals surface area contributed by atoms with Crippen molar-refractivity contribution in [3.05, 3.63) is 59.7 Å². The van der Waals surface area contributed by atoms with Gasteiger partial charge in [-0.25, -0.2) is 8.78 Å². The number of benzene rings is 2. The third kappa shape index (κ3) is 8.42. The molecule has 0 amide bonds. The smallest absolute Gasteiger partial charge is 0.191 e. The Balaban J connectivity index is 0.00000364. The number of aliphatic imine (C=N–C) groups is 1. The first kappa shape index (κ1) is 22.9. The molecule has 27 heavy (non-hydrogen) atoms. The van der Waals surface area contributed by atoms with Crippen molar-refractivity contribution in [3.8, 4) is 11.5 Å². The van der Waals surface area contributed by atoms with Crippen molar-refractivity contribution in [1.82, 2.24) is 10.6 Å². The minimum Gasteiger partial charge on any atom is -0.508 e. The molecule has 8 heteroatoms. The zero-order chi connectivity index (χ0) is 18.8. The fourth-order valence-electron chi connectivity index (χ4n) is 2.27. The van der Waals surface area contributed by atoms with Crippen molar-refractivity contribution in [2.24, 2.45) is 4.99 Å². The van der Waals surface area contributed by atoms with Crippen LogP contribution in [0.2, 0.25) is 0 Å². The summed E-state index contributed by atoms with van der Waals surface area (Å²) in [5.41, 5.74) is 1.000. The summed E-state index contributed by atoms with van der Waals surface area (Å²) in [4.78, 5) is 4.45. The van der Waals surface area contributed by atoms with Crippen LogP contribution >= 0.6 is 24.0 Å². The van der Waals surface area contributed by atoms with E-state index in [9.17, 15) is 13.9 Å². The van der Waals surface area contributed by atoms with Crippen molar-refractivity contribution < 1.29 is 18.6 Å². The lowest BCUT2D eigenvalue weighted by Crippen LogP contribution is -2.39. The minimum atomic E-state index is -0.725. The fraction of sp³-hybridized carbons (Fsp3) is 0.316. The Kier molecular flexibility index (Phi) is 10.5. The van der Waals surface area contributed by atoms with E-state index in [2.05, 4.69) is 15.6 Å². The van der Waals surface area contributed by atoms with Crippen LogP contribution < -0.4 is 15.4 Å². The quantitative estimate of drug-likeness (QED) is 0.229. The first-order valence-electron chi connectivity index (χ1n) is 8.46. The summed E-state index contributed by atoms with van der Waals surface area (Å²) >= 11 is 0. The molecule has 0 saturated carbocycles. The van der Waals surface area contributed by atoms with Gasteiger partial charge in [0.05, 0.1) is 6.54 Å². The van der Waals surface area contributed by atoms with E-state index in [1.54, 1.807) is 18.2 Å². The Labute approximate surface area is 174 Å². The van der Waals surface area contributed by atoms with E-state index >= 15 is 0 Å². The van der Waals surface area contributed by atoms with Gasteiger partial charge in [-0.15, -0.1) is 24.0 Å². The van der Waals surface area contributed by atoms with Crippen LogP contribution in [0.1, 0.15) is 12.5 Å². The molecule has 0 spiro atoms. The molecule has 0 aliphatic carbocycles. The fourth-order valence-corrected chi connectivity index (χ4v) is 2.27. The molecule has 0 fully saturated rings. The van der Waals surface area contributed by atoms with Gasteiger partial charge < -0.3 is 20.5 Å². The van der Waals surface area contributed by atoms with Crippen LogP contribution in [0.25, 0.3) is 0 Å². The average molecular weight is 491 g/mol. The molecule has 0 unspecified atom stereocenters. The Bertz CT molecular complexity index is 745. The summed E-state index contributed by atoms with van der Waals surface area (Å²) in [6, 6.07) is 10.3. The van der Waals surface area contributed by atoms with E-state index in [4.69, 9.17) is 4.74 Å². The zero-order valence-electron chi connectivity index (χ0n) is 15.0. The van der Waals surface area contributed by atoms with Crippen LogP contribution in [0.15, 0.2) is 47.5 Å². The van der Waals surface area contributed by atoms with Crippen LogP contribution in [-0.2, 0) is 6.42 Å². The predicted octanol–water partition coefficient (Wildman–Crippen LogP) is 3.47. The summed E-state index contributed by atoms with van der Waals surface area (Å²) in [5, 5.41) is 15.7. The van der Waals surface area contributed by atoms with E-state index in [1.807, 2.05) is 13.0 Å². The summed E-state index contributed by atoms with van der Waals surface area (Å²) in [7, 11) is 0. The topological polar surface area (TPSA) is 65.9 Å². The zero-order valence-corrected chi connectivity index (χ0v) is 17.4. The van der Waals surface area contributed by atoms with Gasteiger partial charge >= 0.3 is 0 Å². The molecule has 0 aromatic heterocycles. The number of guanidine groups is 1. The molecular weight excluding hydrogens is 467 g/mol. The van der Waals surface area contributed by atoms with Gasteiger partial charge in [0.25, 0.3) is 0 Å². The molecule has 0 heterocycles. The summed E-state index contributed by atoms with van der Waals surface area (Å²) in [6.07, 6.45) is 0.697. The van der Waals surface area contributed by atoms with Gasteiger partial charge in [0.2, 0.25) is 0 Å². The molecule has 0 saturated heterocycles. The maximum atomic E-state index is 13.5. The second-order valence-electron chi connectivity index (χ2n) is 5.53. The number of aromatic hydroxyl groups is 1. The summed E-state index contributed by atoms with van der Waals surface area (Å²) < 4.78 is 31.6. The SMILES string of the molecule is CCNC(=NCCc1cccc(O)c1)NCCOc1ccc(F)cc1F.I. The minimum absolute atomic E-state index is 0. The van der Waals surface area contributed by atoms with Crippen molar-refractivity contribution in [3.63, 3.8) is 0 Å². The molecule has 2 aromatic rings. The molecule has 3 N–H and O–H groups in total. The number of nitrogens with one attached hydrogen (secondary N) is 2. The first-order chi connectivity index (χ1) is 12.6. The number of ether oxygens (including phenoxy) is 1. The standard InChI is InChI=1S/C19H23F2N3O2.HI/c1-2-22-19(23-9-8-14-4-3-5-16(25)12-14)24-10-11-26-18-7-6-15(20)13-17(18)21;/h3-7,12-13,25H,2,8-11H2,1H3,(H2,22,23,24);1H. The molecule has 0 radical (unpaired) electrons. The highest BCUT2D eigenvalue weighted by Crippen LogP contribution is 2.17. The largest absolute Gasteiger partial charge is 0.508 e. The lowest BCUT2D eigenvalue weighted by Gasteiger charge is -2.12. The van der Waals surface area contributed by atoms with Gasteiger partial charge in [0.15, 0.2) is 17.5 Å². The Morgan fingerprint density at radius 2 is 1.96 bits per heavy atom. The van der Waals surface area contributed by atoms with E-state index in [0.29, 0.717) is 32.0 Å². The average Bonchev–Trinajstić information content (AvgIpc) is 2.60. The molecule has 148 valence electrons. The second-order valence-corrected chi connectivity index (χ2v) is 5.53. The Hall–Kier alpha value is -2.10. The monoisotopic (exact) mass is 491 g/mol. The predicted molar refractivity (Wildman–Crippen MR) is 113 cm³/mol. The van der Waals surface area contributed by atoms with Gasteiger partial charge in [-0.05, 0) is 43.2 Å². The van der Waals surface area contributed by atoms with E-state index in [0.717, 1.165) is 17.7 Å². The van der Waals surface area contributed by atoms with Crippen molar-refractivity contribution in [1.29, 1.82) is 0 Å². The van der Waals surface area contributed by atoms with Gasteiger partial charge in [-0.2, -0.15) is 0 Å². The lowest BCUT2D eigenvalue weighted by molar-refractivity contribution is 0.304. The van der Waals surface area contributed by atoms with Crippen molar-refractivity contribution in [2.45, 2.75) is 13.3 Å². The normalized spacial score (nSPS) is 10.9. The van der Waals surface area contributed by atoms with Crippen LogP contribution in [0.5, 0.6) is 11.5 Å². The lowest BCUT2D eigenvalue weighted by atomic mass is 10.1. The number of nitrogens with zero attached hydrogens (tertiary/aromatic N) is 1. The van der Waals surface area contributed by atoms with E-state index in [-0.39, 0.29) is 42.1 Å². The maximum absolute atomic E-state index is 13.5. The van der Waals surface area contributed by atoms with Crippen LogP contribution in [0, 0.1) is 11.6 Å². The number of phenols is 1. The third-order valence-electron chi connectivity index (χ3n) is 3.47. The second kappa shape index (κ2) is 12.3. The Morgan fingerprint density at radius 3 is 2.67 bits per heavy atom. The maximum Gasteiger partial charge on any atom is 0.191 e. The number of phenolic OH excluding ortho intramolecular Hbond substituents is 1. The van der Waals surface area contributed by atoms with E-state index in [1.165, 1.54) is 6.07 Å². The van der Waals surface area contributed by atoms with Crippen LogP contribution in [-0.4, -0.2) is 37.3 Å². The molecule has 5 nitrogen and oxygen atoms in total. The molecule has 0 aliphatic heterocycles. The highest BCUT2D eigenvalue weighted by molar-refractivity contribution is 14.0. The summed E-state index contributed by atoms with van der Waals surface area (Å²) in [5.74, 6) is -0.491. The first-order valence-corrected chi connectivity index (χ1v) is 8.46. The number of hydrogen-bond donors (Lipinski definition) is 3. The van der Waals surface area contributed by atoms with Gasteiger partial charge in [-0.3, -0.25) is 4.99 Å². The molecule has 2 rings (SSSR count). The van der Waals surface area contributed by atoms with Gasteiger partial charge in [0, 0.05) is 19.2 Å². The highest BCUT2D eigenvalue weighted by Gasteiger charge is 2.05. The van der Waals surface area contributed by atoms with Crippen molar-refractivity contribution >= 4 is 29.9 Å². The molecule has 0 bridgehead atoms. The van der Waals surface area contributed by atoms with Gasteiger partial charge in [-0.1, -0.05) is 12.1 Å². The number of rotatable bonds is 8. The van der Waals surface area contributed by atoms with Crippen molar-refractivity contribution in [2.75, 3.05) is 26.2 Å². The number of hydrogen-bond acceptors (Lipinski definition) is 3. The molecule has 2 aromatic carbocycles. The Morgan fingerprint density at radius 1 is 1.15 bits per heavy atom. The summed E-state index contributed by atoms with van der Waals surface area (Å²) in [6.45, 7) is 3.82. The van der Waals surface area contributed by atoms with Gasteiger partial charge in [0.1, 0.15) is 18.2 Å².